The van der Waals surface area contributed by atoms with Crippen LogP contribution in [0, 0.1) is 13.8 Å². The lowest BCUT2D eigenvalue weighted by molar-refractivity contribution is -0.166. The highest BCUT2D eigenvalue weighted by molar-refractivity contribution is 5.84. The Balaban J connectivity index is 1.48. The highest BCUT2D eigenvalue weighted by Gasteiger charge is 2.39. The molecule has 0 N–H and O–H groups in total. The highest BCUT2D eigenvalue weighted by atomic mass is 16.6. The van der Waals surface area contributed by atoms with Crippen LogP contribution in [0.1, 0.15) is 94.9 Å². The van der Waals surface area contributed by atoms with E-state index in [-0.39, 0.29) is 18.3 Å². The van der Waals surface area contributed by atoms with Crippen molar-refractivity contribution in [1.29, 1.82) is 0 Å². The first-order valence-corrected chi connectivity index (χ1v) is 17.0. The fraction of sp³-hybridized carbons (Fsp3) is 0.500. The second-order valence-electron chi connectivity index (χ2n) is 14.4. The Hall–Kier alpha value is -3.95. The van der Waals surface area contributed by atoms with Gasteiger partial charge in [-0.2, -0.15) is 9.61 Å². The first kappa shape index (κ1) is 31.6. The lowest BCUT2D eigenvalue weighted by atomic mass is 9.86. The van der Waals surface area contributed by atoms with Crippen LogP contribution in [0.2, 0.25) is 0 Å². The number of esters is 1. The SMILES string of the molecule is CCOC(=O)[C@@H](OC(C)(C)C)c1c(C)nc2cc3nn2c1N1CCC(C)(CC1)OCCC[C@H]1Oc2cc(C)ccc2-c2cccc-3c21. The third-order valence-corrected chi connectivity index (χ3v) is 9.62. The summed E-state index contributed by atoms with van der Waals surface area (Å²) >= 11 is 0. The summed E-state index contributed by atoms with van der Waals surface area (Å²) in [6, 6.07) is 14.9. The van der Waals surface area contributed by atoms with Crippen LogP contribution in [0.4, 0.5) is 5.82 Å². The quantitative estimate of drug-likeness (QED) is 0.210. The molecule has 0 radical (unpaired) electrons. The van der Waals surface area contributed by atoms with Crippen LogP contribution >= 0.6 is 0 Å². The zero-order chi connectivity index (χ0) is 33.1. The Morgan fingerprint density at radius 1 is 1.09 bits per heavy atom. The number of fused-ring (bicyclic) bond motifs is 7. The summed E-state index contributed by atoms with van der Waals surface area (Å²) in [6.07, 6.45) is 2.26. The van der Waals surface area contributed by atoms with Crippen molar-refractivity contribution < 1.29 is 23.7 Å². The number of carbonyl (C=O) groups excluding carboxylic acids is 1. The summed E-state index contributed by atoms with van der Waals surface area (Å²) in [4.78, 5) is 21.0. The standard InChI is InChI=1S/C38H46N4O5/c1-8-44-36(43)34(47-37(4,5)6)32-24(3)39-31-22-28-27-12-9-11-26-25-15-14-23(2)21-30(25)46-29(33(26)27)13-10-20-45-38(7)16-18-41(19-17-38)35(32)42(31)40-28/h9,11-12,14-15,21-22,29,34H,8,10,13,16-20H2,1-7H3/t29-,34+/m1/s1. The minimum Gasteiger partial charge on any atom is -0.485 e. The molecule has 4 bridgehead atoms. The minimum absolute atomic E-state index is 0.153. The normalized spacial score (nSPS) is 21.4. The fourth-order valence-electron chi connectivity index (χ4n) is 7.31. The van der Waals surface area contributed by atoms with Gasteiger partial charge in [0.1, 0.15) is 17.7 Å². The number of benzene rings is 2. The predicted molar refractivity (Wildman–Crippen MR) is 182 cm³/mol. The summed E-state index contributed by atoms with van der Waals surface area (Å²) in [5.74, 6) is 1.30. The molecule has 0 saturated carbocycles. The van der Waals surface area contributed by atoms with Crippen molar-refractivity contribution in [3.8, 4) is 28.1 Å². The number of aromatic nitrogens is 3. The van der Waals surface area contributed by atoms with Crippen LogP contribution in [0.5, 0.6) is 5.75 Å². The van der Waals surface area contributed by atoms with E-state index in [0.717, 1.165) is 78.3 Å². The number of hydrogen-bond acceptors (Lipinski definition) is 8. The van der Waals surface area contributed by atoms with Gasteiger partial charge in [-0.3, -0.25) is 0 Å². The molecule has 0 spiro atoms. The van der Waals surface area contributed by atoms with E-state index >= 15 is 0 Å². The largest absolute Gasteiger partial charge is 0.485 e. The van der Waals surface area contributed by atoms with E-state index < -0.39 is 17.7 Å². The van der Waals surface area contributed by atoms with Crippen molar-refractivity contribution in [1.82, 2.24) is 14.6 Å². The number of ether oxygens (including phenoxy) is 4. The third kappa shape index (κ3) is 5.89. The van der Waals surface area contributed by atoms with E-state index in [9.17, 15) is 4.79 Å². The minimum atomic E-state index is -0.969. The topological polar surface area (TPSA) is 87.4 Å². The van der Waals surface area contributed by atoms with E-state index in [2.05, 4.69) is 61.2 Å². The smallest absolute Gasteiger partial charge is 0.340 e. The Kier molecular flexibility index (Phi) is 8.03. The first-order chi connectivity index (χ1) is 22.4. The van der Waals surface area contributed by atoms with E-state index in [1.807, 2.05) is 39.1 Å². The van der Waals surface area contributed by atoms with Crippen LogP contribution in [-0.2, 0) is 19.0 Å². The molecule has 2 aromatic carbocycles. The predicted octanol–water partition coefficient (Wildman–Crippen LogP) is 7.70. The fourth-order valence-corrected chi connectivity index (χ4v) is 7.31. The molecule has 8 rings (SSSR count). The molecule has 1 saturated heterocycles. The number of nitrogens with zero attached hydrogens (tertiary/aromatic N) is 4. The summed E-state index contributed by atoms with van der Waals surface area (Å²) in [5.41, 5.74) is 7.65. The molecule has 9 nitrogen and oxygen atoms in total. The van der Waals surface area contributed by atoms with E-state index in [1.54, 1.807) is 0 Å². The van der Waals surface area contributed by atoms with Gasteiger partial charge in [0, 0.05) is 48.1 Å². The maximum absolute atomic E-state index is 13.6. The van der Waals surface area contributed by atoms with Gasteiger partial charge in [0.25, 0.3) is 0 Å². The van der Waals surface area contributed by atoms with E-state index in [1.165, 1.54) is 5.56 Å². The maximum atomic E-state index is 13.6. The van der Waals surface area contributed by atoms with Crippen LogP contribution in [0.25, 0.3) is 28.0 Å². The molecular formula is C38H46N4O5. The molecule has 4 aromatic rings. The van der Waals surface area contributed by atoms with Gasteiger partial charge in [0.2, 0.25) is 0 Å². The average Bonchev–Trinajstić information content (AvgIpc) is 3.44. The number of carbonyl (C=O) groups is 1. The maximum Gasteiger partial charge on any atom is 0.340 e. The van der Waals surface area contributed by atoms with Gasteiger partial charge in [-0.25, -0.2) is 9.78 Å². The molecule has 9 heteroatoms. The molecule has 1 fully saturated rings. The van der Waals surface area contributed by atoms with Crippen molar-refractivity contribution in [3.63, 3.8) is 0 Å². The van der Waals surface area contributed by atoms with Gasteiger partial charge in [0.15, 0.2) is 11.8 Å². The molecule has 4 aliphatic heterocycles. The van der Waals surface area contributed by atoms with E-state index in [0.29, 0.717) is 23.5 Å². The van der Waals surface area contributed by atoms with Gasteiger partial charge in [0.05, 0.1) is 29.1 Å². The number of piperidine rings is 1. The summed E-state index contributed by atoms with van der Waals surface area (Å²) < 4.78 is 27.4. The molecule has 4 aliphatic rings. The summed E-state index contributed by atoms with van der Waals surface area (Å²) in [6.45, 7) is 16.3. The highest BCUT2D eigenvalue weighted by Crippen LogP contribution is 2.48. The average molecular weight is 639 g/mol. The van der Waals surface area contributed by atoms with Gasteiger partial charge >= 0.3 is 5.97 Å². The molecule has 0 amide bonds. The third-order valence-electron chi connectivity index (χ3n) is 9.62. The van der Waals surface area contributed by atoms with Crippen LogP contribution in [0.15, 0.2) is 42.5 Å². The molecular weight excluding hydrogens is 592 g/mol. The van der Waals surface area contributed by atoms with Gasteiger partial charge in [-0.05, 0) is 91.3 Å². The summed E-state index contributed by atoms with van der Waals surface area (Å²) in [5, 5.41) is 5.29. The van der Waals surface area contributed by atoms with Crippen molar-refractivity contribution in [3.05, 3.63) is 64.8 Å². The Morgan fingerprint density at radius 2 is 1.85 bits per heavy atom. The summed E-state index contributed by atoms with van der Waals surface area (Å²) in [7, 11) is 0. The molecule has 47 heavy (non-hydrogen) atoms. The van der Waals surface area contributed by atoms with Gasteiger partial charge in [-0.1, -0.05) is 30.3 Å². The van der Waals surface area contributed by atoms with Crippen molar-refractivity contribution >= 4 is 17.4 Å². The monoisotopic (exact) mass is 638 g/mol. The van der Waals surface area contributed by atoms with Gasteiger partial charge in [-0.15, -0.1) is 0 Å². The van der Waals surface area contributed by atoms with Crippen LogP contribution < -0.4 is 9.64 Å². The first-order valence-electron chi connectivity index (χ1n) is 17.0. The molecule has 2 aromatic heterocycles. The van der Waals surface area contributed by atoms with Crippen LogP contribution in [-0.4, -0.2) is 58.1 Å². The van der Waals surface area contributed by atoms with Crippen molar-refractivity contribution in [2.24, 2.45) is 0 Å². The molecule has 0 unspecified atom stereocenters. The Bertz CT molecular complexity index is 1830. The zero-order valence-electron chi connectivity index (χ0n) is 28.7. The molecule has 6 heterocycles. The lowest BCUT2D eigenvalue weighted by Crippen LogP contribution is -2.46. The Morgan fingerprint density at radius 3 is 2.60 bits per heavy atom. The molecule has 248 valence electrons. The lowest BCUT2D eigenvalue weighted by Gasteiger charge is -2.41. The number of anilines is 1. The van der Waals surface area contributed by atoms with Crippen molar-refractivity contribution in [2.75, 3.05) is 31.2 Å². The van der Waals surface area contributed by atoms with Crippen LogP contribution in [0.3, 0.4) is 0 Å². The van der Waals surface area contributed by atoms with E-state index in [4.69, 9.17) is 29.0 Å². The number of rotatable bonds is 4. The van der Waals surface area contributed by atoms with Gasteiger partial charge < -0.3 is 23.8 Å². The molecule has 2 atom stereocenters. The number of aryl methyl sites for hydroxylation is 2. The Labute approximate surface area is 277 Å². The number of hydrogen-bond donors (Lipinski definition) is 0. The second-order valence-corrected chi connectivity index (χ2v) is 14.4. The zero-order valence-corrected chi connectivity index (χ0v) is 28.7. The molecule has 0 aliphatic carbocycles. The van der Waals surface area contributed by atoms with Crippen molar-refractivity contribution in [2.45, 2.75) is 97.6 Å². The second kappa shape index (κ2) is 11.9.